The zero-order valence-corrected chi connectivity index (χ0v) is 14.0. The maximum Gasteiger partial charge on any atom is 0.213 e. The fourth-order valence-corrected chi connectivity index (χ4v) is 3.56. The van der Waals surface area contributed by atoms with Crippen LogP contribution in [0.3, 0.4) is 0 Å². The Kier molecular flexibility index (Phi) is 4.58. The Morgan fingerprint density at radius 1 is 0.917 bits per heavy atom. The van der Waals surface area contributed by atoms with Crippen LogP contribution < -0.4 is 15.2 Å². The molecule has 0 unspecified atom stereocenters. The number of aromatic amines is 1. The molecule has 4 rings (SSSR count). The number of aromatic nitrogens is 1. The highest BCUT2D eigenvalue weighted by atomic mass is 16.5. The Hall–Kier alpha value is -2.17. The first-order chi connectivity index (χ1) is 11.9. The van der Waals surface area contributed by atoms with E-state index in [4.69, 9.17) is 4.74 Å². The summed E-state index contributed by atoms with van der Waals surface area (Å²) in [6.45, 7) is 6.32. The van der Waals surface area contributed by atoms with Crippen molar-refractivity contribution < 1.29 is 14.6 Å². The molecule has 1 aliphatic rings. The van der Waals surface area contributed by atoms with E-state index in [1.165, 1.54) is 40.5 Å². The lowest BCUT2D eigenvalue weighted by atomic mass is 10.1. The van der Waals surface area contributed by atoms with Crippen LogP contribution in [0.2, 0.25) is 0 Å². The second kappa shape index (κ2) is 7.16. The van der Waals surface area contributed by atoms with Gasteiger partial charge in [-0.2, -0.15) is 0 Å². The quantitative estimate of drug-likeness (QED) is 0.552. The van der Waals surface area contributed by atoms with Gasteiger partial charge in [0.15, 0.2) is 0 Å². The van der Waals surface area contributed by atoms with Gasteiger partial charge in [-0.3, -0.25) is 0 Å². The van der Waals surface area contributed by atoms with Gasteiger partial charge in [-0.25, -0.2) is 4.98 Å². The van der Waals surface area contributed by atoms with Crippen molar-refractivity contribution in [2.45, 2.75) is 6.42 Å². The molecule has 1 saturated heterocycles. The van der Waals surface area contributed by atoms with Crippen molar-refractivity contribution in [2.75, 3.05) is 44.7 Å². The zero-order valence-electron chi connectivity index (χ0n) is 14.0. The van der Waals surface area contributed by atoms with E-state index >= 15 is 0 Å². The van der Waals surface area contributed by atoms with Crippen LogP contribution in [0.4, 0.5) is 5.69 Å². The predicted octanol–water partition coefficient (Wildman–Crippen LogP) is 1.52. The van der Waals surface area contributed by atoms with Crippen molar-refractivity contribution >= 4 is 27.5 Å². The SMILES string of the molecule is c1ccc2c(NCCC[NH+]3CCOCC3)c3ccccc3[nH+]c2c1. The fourth-order valence-electron chi connectivity index (χ4n) is 3.56. The molecule has 3 aromatic rings. The summed E-state index contributed by atoms with van der Waals surface area (Å²) in [4.78, 5) is 5.20. The van der Waals surface area contributed by atoms with E-state index in [9.17, 15) is 0 Å². The monoisotopic (exact) mass is 323 g/mol. The number of quaternary nitrogens is 1. The lowest BCUT2D eigenvalue weighted by molar-refractivity contribution is -0.908. The zero-order chi connectivity index (χ0) is 16.2. The number of morpholine rings is 1. The molecule has 0 amide bonds. The third-order valence-electron chi connectivity index (χ3n) is 4.87. The van der Waals surface area contributed by atoms with E-state index < -0.39 is 0 Å². The molecule has 1 aromatic heterocycles. The molecule has 4 nitrogen and oxygen atoms in total. The smallest absolute Gasteiger partial charge is 0.213 e. The van der Waals surface area contributed by atoms with Crippen molar-refractivity contribution in [3.63, 3.8) is 0 Å². The highest BCUT2D eigenvalue weighted by molar-refractivity contribution is 6.04. The van der Waals surface area contributed by atoms with Crippen molar-refractivity contribution in [2.24, 2.45) is 0 Å². The molecule has 24 heavy (non-hydrogen) atoms. The summed E-state index contributed by atoms with van der Waals surface area (Å²) in [7, 11) is 0. The third-order valence-corrected chi connectivity index (χ3v) is 4.87. The maximum atomic E-state index is 5.43. The summed E-state index contributed by atoms with van der Waals surface area (Å²) < 4.78 is 5.43. The molecule has 0 aliphatic carbocycles. The van der Waals surface area contributed by atoms with Gasteiger partial charge in [0.25, 0.3) is 0 Å². The van der Waals surface area contributed by atoms with Crippen LogP contribution in [0.15, 0.2) is 48.5 Å². The van der Waals surface area contributed by atoms with Crippen LogP contribution in [0, 0.1) is 0 Å². The Balaban J connectivity index is 1.53. The lowest BCUT2D eigenvalue weighted by Crippen LogP contribution is -3.14. The molecule has 1 aliphatic heterocycles. The van der Waals surface area contributed by atoms with Crippen LogP contribution in [0.1, 0.15) is 6.42 Å². The third kappa shape index (κ3) is 3.21. The molecule has 2 heterocycles. The number of benzene rings is 2. The van der Waals surface area contributed by atoms with Gasteiger partial charge in [0.2, 0.25) is 11.0 Å². The molecule has 124 valence electrons. The Labute approximate surface area is 142 Å². The summed E-state index contributed by atoms with van der Waals surface area (Å²) >= 11 is 0. The van der Waals surface area contributed by atoms with E-state index in [0.29, 0.717) is 0 Å². The van der Waals surface area contributed by atoms with Crippen LogP contribution in [0.25, 0.3) is 21.8 Å². The molecule has 0 saturated carbocycles. The second-order valence-electron chi connectivity index (χ2n) is 6.48. The van der Waals surface area contributed by atoms with Crippen molar-refractivity contribution in [3.8, 4) is 0 Å². The minimum Gasteiger partial charge on any atom is -0.383 e. The Bertz CT molecular complexity index is 773. The summed E-state index contributed by atoms with van der Waals surface area (Å²) in [5, 5.41) is 6.22. The van der Waals surface area contributed by atoms with Crippen LogP contribution in [-0.2, 0) is 4.74 Å². The van der Waals surface area contributed by atoms with Crippen molar-refractivity contribution in [1.29, 1.82) is 0 Å². The molecule has 0 bridgehead atoms. The van der Waals surface area contributed by atoms with Gasteiger partial charge < -0.3 is 15.0 Å². The topological polar surface area (TPSA) is 39.8 Å². The lowest BCUT2D eigenvalue weighted by Gasteiger charge is -2.23. The number of rotatable bonds is 5. The number of fused-ring (bicyclic) bond motifs is 2. The number of para-hydroxylation sites is 2. The first-order valence-corrected chi connectivity index (χ1v) is 8.90. The maximum absolute atomic E-state index is 5.43. The van der Waals surface area contributed by atoms with Gasteiger partial charge in [0.1, 0.15) is 13.1 Å². The van der Waals surface area contributed by atoms with Gasteiger partial charge in [-0.1, -0.05) is 24.3 Å². The number of H-pyrrole nitrogens is 1. The number of nitrogens with one attached hydrogen (secondary N) is 3. The number of ether oxygens (including phenoxy) is 1. The van der Waals surface area contributed by atoms with Gasteiger partial charge in [-0.05, 0) is 12.1 Å². The molecular formula is C20H25N3O+2. The molecule has 4 heteroatoms. The Morgan fingerprint density at radius 2 is 1.54 bits per heavy atom. The number of pyridine rings is 1. The molecular weight excluding hydrogens is 298 g/mol. The molecule has 0 radical (unpaired) electrons. The highest BCUT2D eigenvalue weighted by Gasteiger charge is 2.15. The van der Waals surface area contributed by atoms with Crippen LogP contribution in [-0.4, -0.2) is 39.4 Å². The minimum absolute atomic E-state index is 0.909. The van der Waals surface area contributed by atoms with Gasteiger partial charge in [0.05, 0.1) is 36.2 Å². The highest BCUT2D eigenvalue weighted by Crippen LogP contribution is 2.28. The average molecular weight is 323 g/mol. The van der Waals surface area contributed by atoms with E-state index in [1.54, 1.807) is 4.90 Å². The van der Waals surface area contributed by atoms with E-state index in [-0.39, 0.29) is 0 Å². The molecule has 0 spiro atoms. The van der Waals surface area contributed by atoms with Crippen molar-refractivity contribution in [3.05, 3.63) is 48.5 Å². The molecule has 0 atom stereocenters. The first kappa shape index (κ1) is 15.4. The van der Waals surface area contributed by atoms with Gasteiger partial charge >= 0.3 is 0 Å². The van der Waals surface area contributed by atoms with Gasteiger partial charge in [0, 0.05) is 25.1 Å². The number of hydrogen-bond donors (Lipinski definition) is 2. The van der Waals surface area contributed by atoms with E-state index in [2.05, 4.69) is 58.8 Å². The fraction of sp³-hybridized carbons (Fsp3) is 0.350. The van der Waals surface area contributed by atoms with E-state index in [1.807, 2.05) is 0 Å². The molecule has 1 fully saturated rings. The number of anilines is 1. The molecule has 3 N–H and O–H groups in total. The first-order valence-electron chi connectivity index (χ1n) is 8.90. The molecule has 2 aromatic carbocycles. The van der Waals surface area contributed by atoms with Crippen molar-refractivity contribution in [1.82, 2.24) is 0 Å². The summed E-state index contributed by atoms with van der Waals surface area (Å²) in [5.41, 5.74) is 3.60. The largest absolute Gasteiger partial charge is 0.383 e. The van der Waals surface area contributed by atoms with Gasteiger partial charge in [-0.15, -0.1) is 0 Å². The summed E-state index contributed by atoms with van der Waals surface area (Å²) in [5.74, 6) is 0. The average Bonchev–Trinajstić information content (AvgIpc) is 2.65. The predicted molar refractivity (Wildman–Crippen MR) is 97.5 cm³/mol. The standard InChI is InChI=1S/C20H23N3O/c1-3-8-18-16(6-1)20(17-7-2-4-9-19(17)22-18)21-10-5-11-23-12-14-24-15-13-23/h1-4,6-9H,5,10-15H2,(H,21,22)/p+2. The minimum atomic E-state index is 0.909. The Morgan fingerprint density at radius 3 is 2.21 bits per heavy atom. The van der Waals surface area contributed by atoms with E-state index in [0.717, 1.165) is 32.8 Å². The summed E-state index contributed by atoms with van der Waals surface area (Å²) in [6.07, 6.45) is 1.18. The normalized spacial score (nSPS) is 15.8. The summed E-state index contributed by atoms with van der Waals surface area (Å²) in [6, 6.07) is 17.0. The number of hydrogen-bond acceptors (Lipinski definition) is 2. The van der Waals surface area contributed by atoms with Crippen LogP contribution in [0.5, 0.6) is 0 Å². The second-order valence-corrected chi connectivity index (χ2v) is 6.48. The van der Waals surface area contributed by atoms with Crippen LogP contribution >= 0.6 is 0 Å².